The van der Waals surface area contributed by atoms with Gasteiger partial charge in [-0.1, -0.05) is 6.07 Å². The van der Waals surface area contributed by atoms with Crippen LogP contribution >= 0.6 is 0 Å². The van der Waals surface area contributed by atoms with E-state index >= 15 is 0 Å². The number of ether oxygens (including phenoxy) is 1. The van der Waals surface area contributed by atoms with Gasteiger partial charge in [0, 0.05) is 36.0 Å². The number of hydrogen-bond donors (Lipinski definition) is 3. The van der Waals surface area contributed by atoms with E-state index in [1.54, 1.807) is 23.7 Å². The number of nitrogens with one attached hydrogen (secondary N) is 2. The number of amides is 1. The van der Waals surface area contributed by atoms with E-state index in [2.05, 4.69) is 25.5 Å². The molecule has 5 heterocycles. The van der Waals surface area contributed by atoms with Crippen LogP contribution in [-0.4, -0.2) is 67.7 Å². The summed E-state index contributed by atoms with van der Waals surface area (Å²) in [5, 5.41) is 25.8. The highest BCUT2D eigenvalue weighted by Gasteiger charge is 2.36. The van der Waals surface area contributed by atoms with Crippen molar-refractivity contribution in [3.63, 3.8) is 0 Å². The molecular weight excluding hydrogens is 513 g/mol. The van der Waals surface area contributed by atoms with Gasteiger partial charge >= 0.3 is 0 Å². The van der Waals surface area contributed by atoms with Crippen LogP contribution in [0.1, 0.15) is 35.7 Å². The summed E-state index contributed by atoms with van der Waals surface area (Å²) in [6, 6.07) is 10.1. The monoisotopic (exact) mass is 543 g/mol. The Hall–Kier alpha value is -4.51. The lowest BCUT2D eigenvalue weighted by Crippen LogP contribution is -2.57. The molecule has 10 nitrogen and oxygen atoms in total. The van der Waals surface area contributed by atoms with Crippen LogP contribution in [0.15, 0.2) is 55.0 Å². The van der Waals surface area contributed by atoms with Crippen LogP contribution in [-0.2, 0) is 0 Å². The Morgan fingerprint density at radius 2 is 2.02 bits per heavy atom. The van der Waals surface area contributed by atoms with Crippen LogP contribution < -0.4 is 15.0 Å². The topological polar surface area (TPSA) is 121 Å². The third kappa shape index (κ3) is 4.62. The molecule has 1 saturated heterocycles. The zero-order chi connectivity index (χ0) is 27.9. The summed E-state index contributed by atoms with van der Waals surface area (Å²) in [7, 11) is 0. The second-order valence-electron chi connectivity index (χ2n) is 10.2. The Kier molecular flexibility index (Phi) is 6.59. The van der Waals surface area contributed by atoms with Gasteiger partial charge in [-0.3, -0.25) is 9.89 Å². The lowest BCUT2D eigenvalue weighted by atomic mass is 9.87. The number of aliphatic hydroxyl groups excluding tert-OH is 1. The van der Waals surface area contributed by atoms with Crippen LogP contribution in [0, 0.1) is 12.7 Å². The fraction of sp³-hybridized carbons (Fsp3) is 0.310. The average Bonchev–Trinajstić information content (AvgIpc) is 3.56. The molecule has 0 bridgehead atoms. The molecule has 11 heteroatoms. The van der Waals surface area contributed by atoms with E-state index in [9.17, 15) is 14.3 Å². The van der Waals surface area contributed by atoms with E-state index in [1.807, 2.05) is 37.5 Å². The standard InChI is InChI=1S/C29H30FN7O3/c1-3-40-21-13-23(26-24-15-32-34-27(24)35-37(26)16-21)19-5-7-25(31-14-19)36-10-8-29(17-38,9-11-36)33-28(39)22-12-20(30)6-4-18(22)2/h4-7,12-16,38H,3,8-11,17H2,1-2H3,(H,33,39)(H,34,35). The van der Waals surface area contributed by atoms with Gasteiger partial charge in [-0.15, -0.1) is 5.10 Å². The summed E-state index contributed by atoms with van der Waals surface area (Å²) < 4.78 is 21.3. The fourth-order valence-corrected chi connectivity index (χ4v) is 5.37. The van der Waals surface area contributed by atoms with Crippen LogP contribution in [0.5, 0.6) is 5.75 Å². The van der Waals surface area contributed by atoms with Crippen molar-refractivity contribution in [3.8, 4) is 16.9 Å². The molecule has 0 spiro atoms. The third-order valence-electron chi connectivity index (χ3n) is 7.64. The maximum absolute atomic E-state index is 13.7. The van der Waals surface area contributed by atoms with Crippen LogP contribution in [0.4, 0.5) is 10.2 Å². The van der Waals surface area contributed by atoms with Crippen molar-refractivity contribution < 1.29 is 19.0 Å². The van der Waals surface area contributed by atoms with E-state index in [1.165, 1.54) is 12.1 Å². The summed E-state index contributed by atoms with van der Waals surface area (Å²) in [6.45, 7) is 5.23. The number of anilines is 1. The first-order valence-corrected chi connectivity index (χ1v) is 13.3. The maximum atomic E-state index is 13.7. The summed E-state index contributed by atoms with van der Waals surface area (Å²) in [6.07, 6.45) is 6.50. The van der Waals surface area contributed by atoms with E-state index in [0.29, 0.717) is 49.5 Å². The Balaban J connectivity index is 1.21. The Bertz CT molecular complexity index is 1690. The van der Waals surface area contributed by atoms with E-state index in [-0.39, 0.29) is 18.1 Å². The van der Waals surface area contributed by atoms with Gasteiger partial charge in [0.05, 0.1) is 42.0 Å². The van der Waals surface area contributed by atoms with Crippen LogP contribution in [0.3, 0.4) is 0 Å². The molecule has 0 aliphatic carbocycles. The molecule has 1 aliphatic rings. The molecule has 3 N–H and O–H groups in total. The van der Waals surface area contributed by atoms with Gasteiger partial charge in [0.1, 0.15) is 17.4 Å². The number of carbonyl (C=O) groups is 1. The number of benzene rings is 1. The molecule has 0 saturated carbocycles. The number of aromatic nitrogens is 5. The highest BCUT2D eigenvalue weighted by Crippen LogP contribution is 2.34. The van der Waals surface area contributed by atoms with Crippen molar-refractivity contribution in [2.75, 3.05) is 31.2 Å². The second kappa shape index (κ2) is 10.2. The number of fused-ring (bicyclic) bond motifs is 3. The van der Waals surface area contributed by atoms with E-state index < -0.39 is 11.4 Å². The number of hydrogen-bond acceptors (Lipinski definition) is 7. The molecule has 0 unspecified atom stereocenters. The molecule has 1 amide bonds. The van der Waals surface area contributed by atoms with Crippen molar-refractivity contribution in [1.29, 1.82) is 0 Å². The zero-order valence-corrected chi connectivity index (χ0v) is 22.3. The third-order valence-corrected chi connectivity index (χ3v) is 7.64. The lowest BCUT2D eigenvalue weighted by Gasteiger charge is -2.41. The Morgan fingerprint density at radius 3 is 2.75 bits per heavy atom. The smallest absolute Gasteiger partial charge is 0.252 e. The quantitative estimate of drug-likeness (QED) is 0.285. The predicted molar refractivity (Wildman–Crippen MR) is 149 cm³/mol. The highest BCUT2D eigenvalue weighted by molar-refractivity contribution is 6.01. The van der Waals surface area contributed by atoms with Gasteiger partial charge in [0.2, 0.25) is 0 Å². The molecule has 1 aliphatic heterocycles. The van der Waals surface area contributed by atoms with Crippen LogP contribution in [0.2, 0.25) is 0 Å². The number of pyridine rings is 2. The Labute approximate surface area is 229 Å². The molecular formula is C29H30FN7O3. The number of aromatic amines is 1. The molecule has 0 atom stereocenters. The predicted octanol–water partition coefficient (Wildman–Crippen LogP) is 3.88. The molecule has 4 aromatic heterocycles. The van der Waals surface area contributed by atoms with Gasteiger partial charge < -0.3 is 20.1 Å². The number of carbonyl (C=O) groups excluding carboxylic acids is 1. The zero-order valence-electron chi connectivity index (χ0n) is 22.3. The van der Waals surface area contributed by atoms with Gasteiger partial charge in [-0.05, 0) is 62.6 Å². The largest absolute Gasteiger partial charge is 0.492 e. The molecule has 40 heavy (non-hydrogen) atoms. The van der Waals surface area contributed by atoms with Crippen LogP contribution in [0.25, 0.3) is 27.7 Å². The summed E-state index contributed by atoms with van der Waals surface area (Å²) in [5.41, 5.74) is 3.63. The number of aliphatic hydroxyl groups is 1. The minimum absolute atomic E-state index is 0.201. The number of halogens is 1. The van der Waals surface area contributed by atoms with E-state index in [4.69, 9.17) is 9.72 Å². The number of aryl methyl sites for hydroxylation is 1. The van der Waals surface area contributed by atoms with Crippen molar-refractivity contribution in [3.05, 3.63) is 71.9 Å². The summed E-state index contributed by atoms with van der Waals surface area (Å²) >= 11 is 0. The van der Waals surface area contributed by atoms with Crippen molar-refractivity contribution in [1.82, 2.24) is 30.1 Å². The fourth-order valence-electron chi connectivity index (χ4n) is 5.37. The minimum atomic E-state index is -0.782. The van der Waals surface area contributed by atoms with Gasteiger partial charge in [0.15, 0.2) is 5.65 Å². The first kappa shape index (κ1) is 25.8. The average molecular weight is 544 g/mol. The highest BCUT2D eigenvalue weighted by atomic mass is 19.1. The first-order chi connectivity index (χ1) is 19.4. The van der Waals surface area contributed by atoms with Crippen molar-refractivity contribution >= 4 is 28.3 Å². The van der Waals surface area contributed by atoms with Crippen molar-refractivity contribution in [2.24, 2.45) is 0 Å². The number of nitrogens with zero attached hydrogens (tertiary/aromatic N) is 5. The summed E-state index contributed by atoms with van der Waals surface area (Å²) in [5.74, 6) is 0.667. The van der Waals surface area contributed by atoms with Crippen molar-refractivity contribution in [2.45, 2.75) is 32.2 Å². The van der Waals surface area contributed by atoms with Gasteiger partial charge in [0.25, 0.3) is 5.91 Å². The van der Waals surface area contributed by atoms with Gasteiger partial charge in [-0.25, -0.2) is 13.9 Å². The molecule has 1 aromatic carbocycles. The summed E-state index contributed by atoms with van der Waals surface area (Å²) in [4.78, 5) is 19.8. The molecule has 0 radical (unpaired) electrons. The molecule has 6 rings (SSSR count). The number of rotatable bonds is 7. The minimum Gasteiger partial charge on any atom is -0.492 e. The molecule has 206 valence electrons. The maximum Gasteiger partial charge on any atom is 0.252 e. The van der Waals surface area contributed by atoms with E-state index in [0.717, 1.165) is 27.8 Å². The number of H-pyrrole nitrogens is 1. The Morgan fingerprint density at radius 1 is 1.20 bits per heavy atom. The molecule has 5 aromatic rings. The first-order valence-electron chi connectivity index (χ1n) is 13.3. The van der Waals surface area contributed by atoms with Gasteiger partial charge in [-0.2, -0.15) is 5.10 Å². The number of piperidine rings is 1. The second-order valence-corrected chi connectivity index (χ2v) is 10.2. The normalized spacial score (nSPS) is 15.1. The SMILES string of the molecule is CCOc1cc(-c2ccc(N3CCC(CO)(NC(=O)c4cc(F)ccc4C)CC3)nc2)c2c3cn[nH]c3nn2c1. The molecule has 1 fully saturated rings. The lowest BCUT2D eigenvalue weighted by molar-refractivity contribution is 0.0786.